The second-order valence-corrected chi connectivity index (χ2v) is 5.18. The highest BCUT2D eigenvalue weighted by atomic mass is 16.6. The van der Waals surface area contributed by atoms with E-state index >= 15 is 0 Å². The maximum absolute atomic E-state index is 11.0. The maximum Gasteiger partial charge on any atom is 0.328 e. The number of nitrogens with zero attached hydrogens (tertiary/aromatic N) is 2. The standard InChI is InChI=1S/C15H18N2O4/c1-2-11-7-8-16(10-11)13-4-5-14(17(20)21)12(9-13)3-6-15(18)19/h3-6,9,11H,2,7-8,10H2,1H3,(H,18,19)/b6-3+. The van der Waals surface area contributed by atoms with E-state index in [1.54, 1.807) is 12.1 Å². The number of nitro benzene ring substituents is 1. The zero-order valence-electron chi connectivity index (χ0n) is 11.9. The molecule has 1 aliphatic heterocycles. The van der Waals surface area contributed by atoms with Crippen molar-refractivity contribution in [2.24, 2.45) is 5.92 Å². The Morgan fingerprint density at radius 2 is 2.33 bits per heavy atom. The zero-order valence-corrected chi connectivity index (χ0v) is 11.9. The number of nitro groups is 1. The molecule has 0 aliphatic carbocycles. The number of benzene rings is 1. The fourth-order valence-electron chi connectivity index (χ4n) is 2.60. The van der Waals surface area contributed by atoms with Crippen molar-refractivity contribution in [3.63, 3.8) is 0 Å². The maximum atomic E-state index is 11.0. The molecule has 1 unspecified atom stereocenters. The largest absolute Gasteiger partial charge is 0.478 e. The number of rotatable bonds is 5. The number of hydrogen-bond donors (Lipinski definition) is 1. The summed E-state index contributed by atoms with van der Waals surface area (Å²) in [6.07, 6.45) is 4.44. The van der Waals surface area contributed by atoms with Crippen LogP contribution >= 0.6 is 0 Å². The highest BCUT2D eigenvalue weighted by Gasteiger charge is 2.22. The molecule has 1 aromatic rings. The van der Waals surface area contributed by atoms with Crippen LogP contribution in [-0.4, -0.2) is 29.1 Å². The SMILES string of the molecule is CCC1CCN(c2ccc([N+](=O)[O-])c(/C=C/C(=O)O)c2)C1. The number of hydrogen-bond acceptors (Lipinski definition) is 4. The van der Waals surface area contributed by atoms with E-state index in [-0.39, 0.29) is 5.69 Å². The van der Waals surface area contributed by atoms with Gasteiger partial charge >= 0.3 is 5.97 Å². The first-order valence-corrected chi connectivity index (χ1v) is 6.95. The number of carboxylic acid groups (broad SMARTS) is 1. The molecule has 112 valence electrons. The summed E-state index contributed by atoms with van der Waals surface area (Å²) < 4.78 is 0. The van der Waals surface area contributed by atoms with Crippen molar-refractivity contribution in [2.75, 3.05) is 18.0 Å². The Morgan fingerprint density at radius 1 is 1.57 bits per heavy atom. The normalized spacial score (nSPS) is 18.3. The predicted octanol–water partition coefficient (Wildman–Crippen LogP) is 2.93. The molecule has 1 heterocycles. The molecule has 0 amide bonds. The van der Waals surface area contributed by atoms with Crippen LogP contribution in [0.3, 0.4) is 0 Å². The summed E-state index contributed by atoms with van der Waals surface area (Å²) in [6, 6.07) is 4.86. The summed E-state index contributed by atoms with van der Waals surface area (Å²) in [5, 5.41) is 19.7. The fraction of sp³-hybridized carbons (Fsp3) is 0.400. The van der Waals surface area contributed by atoms with E-state index in [4.69, 9.17) is 5.11 Å². The number of anilines is 1. The first-order valence-electron chi connectivity index (χ1n) is 6.95. The molecule has 1 N–H and O–H groups in total. The van der Waals surface area contributed by atoms with Gasteiger partial charge in [0.15, 0.2) is 0 Å². The molecule has 1 aromatic carbocycles. The molecule has 1 atom stereocenters. The van der Waals surface area contributed by atoms with Crippen molar-refractivity contribution in [1.82, 2.24) is 0 Å². The van der Waals surface area contributed by atoms with Crippen LogP contribution in [0.4, 0.5) is 11.4 Å². The minimum Gasteiger partial charge on any atom is -0.478 e. The number of carboxylic acids is 1. The third-order valence-electron chi connectivity index (χ3n) is 3.84. The van der Waals surface area contributed by atoms with Gasteiger partial charge in [-0.05, 0) is 30.5 Å². The lowest BCUT2D eigenvalue weighted by molar-refractivity contribution is -0.385. The molecule has 2 rings (SSSR count). The van der Waals surface area contributed by atoms with Crippen LogP contribution in [-0.2, 0) is 4.79 Å². The second kappa shape index (κ2) is 6.39. The van der Waals surface area contributed by atoms with Crippen molar-refractivity contribution in [1.29, 1.82) is 0 Å². The first-order chi connectivity index (χ1) is 10.0. The molecule has 21 heavy (non-hydrogen) atoms. The highest BCUT2D eigenvalue weighted by molar-refractivity contribution is 5.86. The first kappa shape index (κ1) is 15.0. The Balaban J connectivity index is 2.30. The van der Waals surface area contributed by atoms with Gasteiger partial charge < -0.3 is 10.0 Å². The van der Waals surface area contributed by atoms with Gasteiger partial charge in [0.25, 0.3) is 5.69 Å². The fourth-order valence-corrected chi connectivity index (χ4v) is 2.60. The van der Waals surface area contributed by atoms with E-state index < -0.39 is 10.9 Å². The Hall–Kier alpha value is -2.37. The summed E-state index contributed by atoms with van der Waals surface area (Å²) in [7, 11) is 0. The van der Waals surface area contributed by atoms with Gasteiger partial charge in [-0.25, -0.2) is 4.79 Å². The van der Waals surface area contributed by atoms with Crippen LogP contribution < -0.4 is 4.90 Å². The van der Waals surface area contributed by atoms with E-state index in [9.17, 15) is 14.9 Å². The summed E-state index contributed by atoms with van der Waals surface area (Å²) in [5.74, 6) is -0.472. The van der Waals surface area contributed by atoms with Gasteiger partial charge in [-0.3, -0.25) is 10.1 Å². The Kier molecular flexibility index (Phi) is 4.57. The monoisotopic (exact) mass is 290 g/mol. The lowest BCUT2D eigenvalue weighted by Crippen LogP contribution is -2.19. The van der Waals surface area contributed by atoms with Crippen molar-refractivity contribution < 1.29 is 14.8 Å². The van der Waals surface area contributed by atoms with Crippen LogP contribution in [0.5, 0.6) is 0 Å². The number of carbonyl (C=O) groups is 1. The average Bonchev–Trinajstić information content (AvgIpc) is 2.93. The van der Waals surface area contributed by atoms with Gasteiger partial charge in [0, 0.05) is 30.9 Å². The molecular weight excluding hydrogens is 272 g/mol. The molecule has 0 bridgehead atoms. The van der Waals surface area contributed by atoms with Crippen LogP contribution in [0.25, 0.3) is 6.08 Å². The van der Waals surface area contributed by atoms with Crippen LogP contribution in [0, 0.1) is 16.0 Å². The van der Waals surface area contributed by atoms with Gasteiger partial charge in [-0.1, -0.05) is 13.3 Å². The minimum atomic E-state index is -1.12. The van der Waals surface area contributed by atoms with Gasteiger partial charge in [-0.2, -0.15) is 0 Å². The van der Waals surface area contributed by atoms with Crippen molar-refractivity contribution >= 4 is 23.4 Å². The molecule has 1 fully saturated rings. The third-order valence-corrected chi connectivity index (χ3v) is 3.84. The topological polar surface area (TPSA) is 83.7 Å². The molecular formula is C15H18N2O4. The molecule has 0 spiro atoms. The van der Waals surface area contributed by atoms with Gasteiger partial charge in [-0.15, -0.1) is 0 Å². The predicted molar refractivity (Wildman–Crippen MR) is 80.4 cm³/mol. The van der Waals surface area contributed by atoms with Crippen LogP contribution in [0.1, 0.15) is 25.3 Å². The molecule has 0 aromatic heterocycles. The Labute approximate surface area is 122 Å². The molecule has 0 radical (unpaired) electrons. The third kappa shape index (κ3) is 3.59. The molecule has 6 nitrogen and oxygen atoms in total. The minimum absolute atomic E-state index is 0.0810. The zero-order chi connectivity index (χ0) is 15.4. The van der Waals surface area contributed by atoms with E-state index in [0.717, 1.165) is 37.7 Å². The van der Waals surface area contributed by atoms with Crippen molar-refractivity contribution in [3.8, 4) is 0 Å². The highest BCUT2D eigenvalue weighted by Crippen LogP contribution is 2.30. The molecule has 0 saturated carbocycles. The molecule has 1 saturated heterocycles. The van der Waals surface area contributed by atoms with Crippen molar-refractivity contribution in [3.05, 3.63) is 40.0 Å². The summed E-state index contributed by atoms with van der Waals surface area (Å²) in [4.78, 5) is 23.3. The Morgan fingerprint density at radius 3 is 2.90 bits per heavy atom. The second-order valence-electron chi connectivity index (χ2n) is 5.18. The lowest BCUT2D eigenvalue weighted by Gasteiger charge is -2.19. The Bertz CT molecular complexity index is 583. The number of aliphatic carboxylic acids is 1. The van der Waals surface area contributed by atoms with E-state index in [1.165, 1.54) is 12.1 Å². The summed E-state index contributed by atoms with van der Waals surface area (Å²) in [6.45, 7) is 4.03. The molecule has 6 heteroatoms. The smallest absolute Gasteiger partial charge is 0.328 e. The summed E-state index contributed by atoms with van der Waals surface area (Å²) in [5.41, 5.74) is 1.14. The van der Waals surface area contributed by atoms with E-state index in [2.05, 4.69) is 11.8 Å². The van der Waals surface area contributed by atoms with Gasteiger partial charge in [0.1, 0.15) is 0 Å². The van der Waals surface area contributed by atoms with Gasteiger partial charge in [0.05, 0.1) is 10.5 Å². The van der Waals surface area contributed by atoms with E-state index in [1.807, 2.05) is 0 Å². The quantitative estimate of drug-likeness (QED) is 0.512. The van der Waals surface area contributed by atoms with Crippen LogP contribution in [0.2, 0.25) is 0 Å². The van der Waals surface area contributed by atoms with E-state index in [0.29, 0.717) is 11.5 Å². The summed E-state index contributed by atoms with van der Waals surface area (Å²) >= 11 is 0. The molecule has 1 aliphatic rings. The van der Waals surface area contributed by atoms with Crippen molar-refractivity contribution in [2.45, 2.75) is 19.8 Å². The average molecular weight is 290 g/mol. The van der Waals surface area contributed by atoms with Gasteiger partial charge in [0.2, 0.25) is 0 Å². The lowest BCUT2D eigenvalue weighted by atomic mass is 10.1. The van der Waals surface area contributed by atoms with Crippen LogP contribution in [0.15, 0.2) is 24.3 Å².